The summed E-state index contributed by atoms with van der Waals surface area (Å²) in [6.45, 7) is 3.19. The monoisotopic (exact) mass is 442 g/mol. The third-order valence-electron chi connectivity index (χ3n) is 4.58. The standard InChI is InChI=1S/C19H21ClN2O.C2HF3O2/c1-14(15-8-10-17(20)11-9-15)21-13-19(23)22-12-4-6-16-5-2-3-7-18(16)22;3-2(4,5)1(6)7/h2-3,5,7-11,14,21H,4,6,12-13H2,1H3;(H,6,7). The lowest BCUT2D eigenvalue weighted by Gasteiger charge is -2.30. The Labute approximate surface area is 177 Å². The summed E-state index contributed by atoms with van der Waals surface area (Å²) in [4.78, 5) is 23.4. The maximum atomic E-state index is 12.6. The molecule has 1 atom stereocenters. The molecular weight excluding hydrogens is 421 g/mol. The average Bonchev–Trinajstić information content (AvgIpc) is 2.71. The van der Waals surface area contributed by atoms with E-state index in [1.165, 1.54) is 5.56 Å². The molecule has 3 rings (SSSR count). The summed E-state index contributed by atoms with van der Waals surface area (Å²) in [7, 11) is 0. The van der Waals surface area contributed by atoms with Crippen LogP contribution in [0.5, 0.6) is 0 Å². The molecule has 9 heteroatoms. The Morgan fingerprint density at radius 1 is 1.17 bits per heavy atom. The molecule has 1 aliphatic rings. The van der Waals surface area contributed by atoms with Gasteiger partial charge in [0.2, 0.25) is 5.91 Å². The summed E-state index contributed by atoms with van der Waals surface area (Å²) >= 11 is 5.91. The van der Waals surface area contributed by atoms with Crippen LogP contribution in [0.1, 0.15) is 30.5 Å². The van der Waals surface area contributed by atoms with Crippen molar-refractivity contribution in [1.29, 1.82) is 0 Å². The van der Waals surface area contributed by atoms with Crippen LogP contribution in [0.15, 0.2) is 48.5 Å². The molecule has 0 radical (unpaired) electrons. The maximum Gasteiger partial charge on any atom is 0.490 e. The molecule has 0 aliphatic carbocycles. The quantitative estimate of drug-likeness (QED) is 0.726. The van der Waals surface area contributed by atoms with Crippen molar-refractivity contribution in [3.63, 3.8) is 0 Å². The molecule has 0 aromatic heterocycles. The van der Waals surface area contributed by atoms with Gasteiger partial charge >= 0.3 is 12.1 Å². The van der Waals surface area contributed by atoms with Crippen LogP contribution < -0.4 is 10.2 Å². The maximum absolute atomic E-state index is 12.6. The molecule has 0 bridgehead atoms. The number of amides is 1. The molecule has 1 unspecified atom stereocenters. The van der Waals surface area contributed by atoms with Crippen LogP contribution in [0.4, 0.5) is 18.9 Å². The van der Waals surface area contributed by atoms with E-state index in [4.69, 9.17) is 21.5 Å². The molecule has 2 N–H and O–H groups in total. The van der Waals surface area contributed by atoms with Crippen molar-refractivity contribution >= 4 is 29.2 Å². The number of aliphatic carboxylic acids is 1. The predicted molar refractivity (Wildman–Crippen MR) is 109 cm³/mol. The van der Waals surface area contributed by atoms with Crippen molar-refractivity contribution in [3.8, 4) is 0 Å². The molecule has 0 spiro atoms. The van der Waals surface area contributed by atoms with Gasteiger partial charge in [-0.15, -0.1) is 0 Å². The van der Waals surface area contributed by atoms with Crippen molar-refractivity contribution in [2.24, 2.45) is 0 Å². The molecule has 5 nitrogen and oxygen atoms in total. The van der Waals surface area contributed by atoms with Gasteiger partial charge in [0, 0.05) is 23.3 Å². The van der Waals surface area contributed by atoms with Gasteiger partial charge in [-0.1, -0.05) is 41.9 Å². The first-order valence-electron chi connectivity index (χ1n) is 9.27. The van der Waals surface area contributed by atoms with Crippen LogP contribution in [-0.2, 0) is 16.0 Å². The number of para-hydroxylation sites is 1. The topological polar surface area (TPSA) is 69.6 Å². The first-order valence-corrected chi connectivity index (χ1v) is 9.64. The number of rotatable bonds is 4. The van der Waals surface area contributed by atoms with E-state index in [1.54, 1.807) is 0 Å². The third-order valence-corrected chi connectivity index (χ3v) is 4.84. The number of carbonyl (C=O) groups excluding carboxylic acids is 1. The number of anilines is 1. The highest BCUT2D eigenvalue weighted by Crippen LogP contribution is 2.26. The highest BCUT2D eigenvalue weighted by atomic mass is 35.5. The summed E-state index contributed by atoms with van der Waals surface area (Å²) in [5.41, 5.74) is 3.45. The lowest BCUT2D eigenvalue weighted by molar-refractivity contribution is -0.192. The van der Waals surface area contributed by atoms with Crippen molar-refractivity contribution < 1.29 is 27.9 Å². The normalized spacial score (nSPS) is 14.2. The second kappa shape index (κ2) is 10.4. The number of alkyl halides is 3. The van der Waals surface area contributed by atoms with Gasteiger partial charge in [-0.05, 0) is 49.1 Å². The largest absolute Gasteiger partial charge is 0.490 e. The molecule has 0 fully saturated rings. The summed E-state index contributed by atoms with van der Waals surface area (Å²) in [5, 5.41) is 11.2. The van der Waals surface area contributed by atoms with Gasteiger partial charge in [-0.3, -0.25) is 4.79 Å². The lowest BCUT2D eigenvalue weighted by atomic mass is 10.0. The number of aryl methyl sites for hydroxylation is 1. The van der Waals surface area contributed by atoms with Gasteiger partial charge < -0.3 is 15.3 Å². The van der Waals surface area contributed by atoms with Crippen molar-refractivity contribution in [2.75, 3.05) is 18.0 Å². The fourth-order valence-electron chi connectivity index (χ4n) is 3.00. The van der Waals surface area contributed by atoms with E-state index in [-0.39, 0.29) is 11.9 Å². The van der Waals surface area contributed by atoms with Gasteiger partial charge in [-0.2, -0.15) is 13.2 Å². The van der Waals surface area contributed by atoms with E-state index in [0.717, 1.165) is 35.7 Å². The van der Waals surface area contributed by atoms with E-state index in [0.29, 0.717) is 6.54 Å². The van der Waals surface area contributed by atoms with Crippen LogP contribution in [0, 0.1) is 0 Å². The Morgan fingerprint density at radius 2 is 1.77 bits per heavy atom. The molecule has 0 saturated carbocycles. The van der Waals surface area contributed by atoms with Gasteiger partial charge in [-0.25, -0.2) is 4.79 Å². The molecule has 30 heavy (non-hydrogen) atoms. The first-order chi connectivity index (χ1) is 14.1. The Kier molecular flexibility index (Phi) is 8.25. The zero-order valence-corrected chi connectivity index (χ0v) is 17.0. The van der Waals surface area contributed by atoms with Gasteiger partial charge in [0.15, 0.2) is 0 Å². The highest BCUT2D eigenvalue weighted by molar-refractivity contribution is 6.30. The lowest BCUT2D eigenvalue weighted by Crippen LogP contribution is -2.41. The molecule has 2 aromatic rings. The Hall–Kier alpha value is -2.58. The number of fused-ring (bicyclic) bond motifs is 1. The molecule has 1 aliphatic heterocycles. The van der Waals surface area contributed by atoms with Crippen LogP contribution in [-0.4, -0.2) is 36.2 Å². The number of hydrogen-bond acceptors (Lipinski definition) is 3. The highest BCUT2D eigenvalue weighted by Gasteiger charge is 2.38. The second-order valence-corrected chi connectivity index (χ2v) is 7.17. The van der Waals surface area contributed by atoms with Crippen molar-refractivity contribution in [2.45, 2.75) is 32.0 Å². The van der Waals surface area contributed by atoms with Gasteiger partial charge in [0.05, 0.1) is 6.54 Å². The van der Waals surface area contributed by atoms with Gasteiger partial charge in [0.25, 0.3) is 0 Å². The minimum Gasteiger partial charge on any atom is -0.475 e. The minimum atomic E-state index is -5.08. The average molecular weight is 443 g/mol. The zero-order valence-electron chi connectivity index (χ0n) is 16.2. The van der Waals surface area contributed by atoms with Crippen molar-refractivity contribution in [3.05, 3.63) is 64.7 Å². The molecule has 1 amide bonds. The molecule has 162 valence electrons. The number of carboxylic acids is 1. The number of nitrogens with zero attached hydrogens (tertiary/aromatic N) is 1. The smallest absolute Gasteiger partial charge is 0.475 e. The summed E-state index contributed by atoms with van der Waals surface area (Å²) in [6.07, 6.45) is -3.01. The predicted octanol–water partition coefficient (Wildman–Crippen LogP) is 4.60. The fraction of sp³-hybridized carbons (Fsp3) is 0.333. The number of nitrogens with one attached hydrogen (secondary N) is 1. The number of benzene rings is 2. The zero-order chi connectivity index (χ0) is 22.3. The molecular formula is C21H22ClF3N2O3. The Balaban J connectivity index is 0.000000396. The van der Waals surface area contributed by atoms with Crippen LogP contribution >= 0.6 is 11.6 Å². The van der Waals surface area contributed by atoms with Crippen LogP contribution in [0.25, 0.3) is 0 Å². The van der Waals surface area contributed by atoms with Gasteiger partial charge in [0.1, 0.15) is 0 Å². The van der Waals surface area contributed by atoms with Crippen molar-refractivity contribution in [1.82, 2.24) is 5.32 Å². The summed E-state index contributed by atoms with van der Waals surface area (Å²) in [6, 6.07) is 16.0. The molecule has 0 saturated heterocycles. The third kappa shape index (κ3) is 6.74. The SMILES string of the molecule is CC(NCC(=O)N1CCCc2ccccc21)c1ccc(Cl)cc1.O=C(O)C(F)(F)F. The van der Waals surface area contributed by atoms with E-state index < -0.39 is 12.1 Å². The Bertz CT molecular complexity index is 873. The van der Waals surface area contributed by atoms with E-state index in [2.05, 4.69) is 18.3 Å². The first kappa shape index (κ1) is 23.7. The number of hydrogen-bond donors (Lipinski definition) is 2. The molecule has 1 heterocycles. The van der Waals surface area contributed by atoms with E-state index >= 15 is 0 Å². The van der Waals surface area contributed by atoms with Crippen LogP contribution in [0.2, 0.25) is 5.02 Å². The Morgan fingerprint density at radius 3 is 2.37 bits per heavy atom. The summed E-state index contributed by atoms with van der Waals surface area (Å²) in [5.74, 6) is -2.63. The second-order valence-electron chi connectivity index (χ2n) is 6.73. The molecule has 2 aromatic carbocycles. The van der Waals surface area contributed by atoms with E-state index in [1.807, 2.05) is 47.4 Å². The number of carbonyl (C=O) groups is 2. The minimum absolute atomic E-state index is 0.108. The van der Waals surface area contributed by atoms with Crippen LogP contribution in [0.3, 0.4) is 0 Å². The fourth-order valence-corrected chi connectivity index (χ4v) is 3.12. The summed E-state index contributed by atoms with van der Waals surface area (Å²) < 4.78 is 31.7. The number of halogens is 4. The number of carboxylic acid groups (broad SMARTS) is 1. The van der Waals surface area contributed by atoms with E-state index in [9.17, 15) is 18.0 Å².